The molecule has 0 N–H and O–H groups in total. The number of rotatable bonds is 13. The maximum absolute atomic E-state index is 12.5. The summed E-state index contributed by atoms with van der Waals surface area (Å²) in [5.41, 5.74) is -1.11. The van der Waals surface area contributed by atoms with Crippen LogP contribution in [-0.4, -0.2) is 25.2 Å². The van der Waals surface area contributed by atoms with Crippen molar-refractivity contribution in [3.8, 4) is 0 Å². The van der Waals surface area contributed by atoms with Crippen LogP contribution in [0.3, 0.4) is 0 Å². The molecular formula is C18H34O4. The molecule has 4 nitrogen and oxygen atoms in total. The zero-order valence-corrected chi connectivity index (χ0v) is 14.9. The Kier molecular flexibility index (Phi) is 11.9. The molecule has 0 aliphatic heterocycles. The second-order valence-corrected chi connectivity index (χ2v) is 5.87. The van der Waals surface area contributed by atoms with Crippen molar-refractivity contribution in [1.29, 1.82) is 0 Å². The van der Waals surface area contributed by atoms with Crippen LogP contribution in [0.1, 0.15) is 85.5 Å². The van der Waals surface area contributed by atoms with Gasteiger partial charge in [0.05, 0.1) is 13.2 Å². The summed E-state index contributed by atoms with van der Waals surface area (Å²) in [6.07, 6.45) is 7.43. The van der Waals surface area contributed by atoms with Crippen LogP contribution in [0.2, 0.25) is 0 Å². The minimum atomic E-state index is -1.11. The highest BCUT2D eigenvalue weighted by molar-refractivity contribution is 6.00. The van der Waals surface area contributed by atoms with Crippen molar-refractivity contribution in [2.45, 2.75) is 85.5 Å². The van der Waals surface area contributed by atoms with E-state index in [-0.39, 0.29) is 0 Å². The minimum Gasteiger partial charge on any atom is -0.465 e. The molecule has 0 radical (unpaired) electrons. The molecule has 0 saturated heterocycles. The molecule has 0 aliphatic carbocycles. The van der Waals surface area contributed by atoms with Gasteiger partial charge in [0.25, 0.3) is 0 Å². The van der Waals surface area contributed by atoms with Gasteiger partial charge in [0.15, 0.2) is 5.41 Å². The number of unbranched alkanes of at least 4 members (excludes halogenated alkanes) is 4. The van der Waals surface area contributed by atoms with E-state index < -0.39 is 17.4 Å². The van der Waals surface area contributed by atoms with Gasteiger partial charge in [-0.2, -0.15) is 0 Å². The Bertz CT molecular complexity index is 290. The van der Waals surface area contributed by atoms with E-state index in [9.17, 15) is 9.59 Å². The highest BCUT2D eigenvalue weighted by Gasteiger charge is 2.46. The number of hydrogen-bond acceptors (Lipinski definition) is 4. The Labute approximate surface area is 135 Å². The van der Waals surface area contributed by atoms with Crippen LogP contribution in [0.15, 0.2) is 0 Å². The van der Waals surface area contributed by atoms with Gasteiger partial charge in [-0.15, -0.1) is 0 Å². The maximum Gasteiger partial charge on any atom is 0.323 e. The third-order valence-electron chi connectivity index (χ3n) is 4.05. The molecule has 0 unspecified atom stereocenters. The van der Waals surface area contributed by atoms with Crippen molar-refractivity contribution in [2.24, 2.45) is 5.41 Å². The summed E-state index contributed by atoms with van der Waals surface area (Å²) in [7, 11) is 0. The summed E-state index contributed by atoms with van der Waals surface area (Å²) < 4.78 is 10.7. The van der Waals surface area contributed by atoms with Crippen molar-refractivity contribution < 1.29 is 19.1 Å². The Balaban J connectivity index is 4.89. The van der Waals surface area contributed by atoms with E-state index in [1.807, 2.05) is 20.8 Å². The molecule has 0 amide bonds. The zero-order valence-electron chi connectivity index (χ0n) is 14.9. The molecule has 130 valence electrons. The molecule has 0 atom stereocenters. The van der Waals surface area contributed by atoms with Gasteiger partial charge in [0.1, 0.15) is 0 Å². The van der Waals surface area contributed by atoms with E-state index in [1.54, 1.807) is 0 Å². The van der Waals surface area contributed by atoms with Crippen LogP contribution < -0.4 is 0 Å². The number of esters is 2. The van der Waals surface area contributed by atoms with Crippen molar-refractivity contribution in [3.05, 3.63) is 0 Å². The summed E-state index contributed by atoms with van der Waals surface area (Å²) in [6.45, 7) is 8.82. The second kappa shape index (κ2) is 12.5. The summed E-state index contributed by atoms with van der Waals surface area (Å²) in [4.78, 5) is 25.0. The molecule has 0 aromatic carbocycles. The van der Waals surface area contributed by atoms with Crippen molar-refractivity contribution >= 4 is 11.9 Å². The van der Waals surface area contributed by atoms with E-state index in [0.717, 1.165) is 44.9 Å². The van der Waals surface area contributed by atoms with E-state index in [0.29, 0.717) is 26.1 Å². The van der Waals surface area contributed by atoms with Gasteiger partial charge >= 0.3 is 11.9 Å². The second-order valence-electron chi connectivity index (χ2n) is 5.87. The lowest BCUT2D eigenvalue weighted by Gasteiger charge is -2.28. The van der Waals surface area contributed by atoms with E-state index in [4.69, 9.17) is 9.47 Å². The van der Waals surface area contributed by atoms with Gasteiger partial charge in [-0.3, -0.25) is 9.59 Å². The molecule has 0 rings (SSSR count). The fraction of sp³-hybridized carbons (Fsp3) is 0.889. The Hall–Kier alpha value is -1.06. The van der Waals surface area contributed by atoms with Crippen molar-refractivity contribution in [1.82, 2.24) is 0 Å². The minimum absolute atomic E-state index is 0.382. The van der Waals surface area contributed by atoms with E-state index in [1.165, 1.54) is 0 Å². The topological polar surface area (TPSA) is 52.6 Å². The van der Waals surface area contributed by atoms with Crippen molar-refractivity contribution in [3.63, 3.8) is 0 Å². The molecule has 0 fully saturated rings. The summed E-state index contributed by atoms with van der Waals surface area (Å²) in [5.74, 6) is -0.804. The van der Waals surface area contributed by atoms with Gasteiger partial charge in [-0.05, 0) is 25.7 Å². The quantitative estimate of drug-likeness (QED) is 0.282. The molecule has 0 saturated carbocycles. The van der Waals surface area contributed by atoms with Crippen LogP contribution in [0.25, 0.3) is 0 Å². The summed E-state index contributed by atoms with van der Waals surface area (Å²) in [5, 5.41) is 0. The highest BCUT2D eigenvalue weighted by atomic mass is 16.6. The fourth-order valence-corrected chi connectivity index (χ4v) is 2.32. The number of carbonyl (C=O) groups is 2. The Morgan fingerprint density at radius 3 is 1.55 bits per heavy atom. The molecule has 0 spiro atoms. The molecule has 0 aromatic heterocycles. The van der Waals surface area contributed by atoms with Gasteiger partial charge in [-0.1, -0.05) is 59.8 Å². The first-order chi connectivity index (χ1) is 10.6. The predicted molar refractivity (Wildman–Crippen MR) is 88.6 cm³/mol. The van der Waals surface area contributed by atoms with Crippen LogP contribution in [0.4, 0.5) is 0 Å². The van der Waals surface area contributed by atoms with Gasteiger partial charge < -0.3 is 9.47 Å². The molecular weight excluding hydrogens is 280 g/mol. The lowest BCUT2D eigenvalue weighted by Crippen LogP contribution is -2.42. The molecule has 22 heavy (non-hydrogen) atoms. The fourth-order valence-electron chi connectivity index (χ4n) is 2.32. The Morgan fingerprint density at radius 1 is 0.727 bits per heavy atom. The number of carbonyl (C=O) groups excluding carboxylic acids is 2. The van der Waals surface area contributed by atoms with E-state index in [2.05, 4.69) is 6.92 Å². The molecule has 0 aliphatic rings. The Morgan fingerprint density at radius 2 is 1.18 bits per heavy atom. The lowest BCUT2D eigenvalue weighted by molar-refractivity contribution is -0.174. The standard InChI is InChI=1S/C18H34O4/c1-5-9-12-13-18(8-4,16(19)21-14-10-6-2)17(20)22-15-11-7-3/h5-15H2,1-4H3. The number of ether oxygens (including phenoxy) is 2. The zero-order chi connectivity index (χ0) is 16.8. The molecule has 4 heteroatoms. The van der Waals surface area contributed by atoms with Crippen LogP contribution in [0, 0.1) is 5.41 Å². The first-order valence-electron chi connectivity index (χ1n) is 8.93. The lowest BCUT2D eigenvalue weighted by atomic mass is 9.80. The maximum atomic E-state index is 12.5. The third-order valence-corrected chi connectivity index (χ3v) is 4.05. The first-order valence-corrected chi connectivity index (χ1v) is 8.93. The normalized spacial score (nSPS) is 11.3. The number of hydrogen-bond donors (Lipinski definition) is 0. The van der Waals surface area contributed by atoms with Crippen LogP contribution >= 0.6 is 0 Å². The SMILES string of the molecule is CCCCCC(CC)(C(=O)OCCCC)C(=O)OCCCC. The highest BCUT2D eigenvalue weighted by Crippen LogP contribution is 2.33. The molecule has 0 heterocycles. The summed E-state index contributed by atoms with van der Waals surface area (Å²) in [6, 6.07) is 0. The van der Waals surface area contributed by atoms with Gasteiger partial charge in [0.2, 0.25) is 0 Å². The molecule has 0 bridgehead atoms. The average molecular weight is 314 g/mol. The largest absolute Gasteiger partial charge is 0.465 e. The predicted octanol–water partition coefficient (Wildman–Crippen LogP) is 4.65. The third kappa shape index (κ3) is 6.80. The first kappa shape index (κ1) is 20.9. The van der Waals surface area contributed by atoms with Crippen molar-refractivity contribution in [2.75, 3.05) is 13.2 Å². The summed E-state index contributed by atoms with van der Waals surface area (Å²) >= 11 is 0. The molecule has 0 aromatic rings. The average Bonchev–Trinajstić information content (AvgIpc) is 2.52. The smallest absolute Gasteiger partial charge is 0.323 e. The van der Waals surface area contributed by atoms with E-state index >= 15 is 0 Å². The van der Waals surface area contributed by atoms with Gasteiger partial charge in [0, 0.05) is 0 Å². The monoisotopic (exact) mass is 314 g/mol. The van der Waals surface area contributed by atoms with Crippen LogP contribution in [0.5, 0.6) is 0 Å². The van der Waals surface area contributed by atoms with Crippen LogP contribution in [-0.2, 0) is 19.1 Å². The van der Waals surface area contributed by atoms with Gasteiger partial charge in [-0.25, -0.2) is 0 Å².